The van der Waals surface area contributed by atoms with Crippen LogP contribution in [0.25, 0.3) is 0 Å². The Labute approximate surface area is 165 Å². The summed E-state index contributed by atoms with van der Waals surface area (Å²) in [6.07, 6.45) is 6.58. The van der Waals surface area contributed by atoms with Gasteiger partial charge in [-0.2, -0.15) is 4.98 Å². The molecule has 2 fully saturated rings. The van der Waals surface area contributed by atoms with E-state index in [0.29, 0.717) is 24.4 Å². The maximum absolute atomic E-state index is 5.95. The molecular weight excluding hydrogens is 358 g/mol. The molecule has 0 amide bonds. The van der Waals surface area contributed by atoms with E-state index < -0.39 is 0 Å². The van der Waals surface area contributed by atoms with Gasteiger partial charge in [-0.15, -0.1) is 0 Å². The predicted octanol–water partition coefficient (Wildman–Crippen LogP) is 1.82. The van der Waals surface area contributed by atoms with E-state index in [-0.39, 0.29) is 12.0 Å². The Morgan fingerprint density at radius 1 is 1.11 bits per heavy atom. The minimum atomic E-state index is 0.217. The highest BCUT2D eigenvalue weighted by molar-refractivity contribution is 5.33. The van der Waals surface area contributed by atoms with Crippen LogP contribution < -0.4 is 20.3 Å². The normalized spacial score (nSPS) is 20.9. The van der Waals surface area contributed by atoms with Crippen LogP contribution in [0.2, 0.25) is 0 Å². The van der Waals surface area contributed by atoms with Crippen LogP contribution in [0.3, 0.4) is 0 Å². The van der Waals surface area contributed by atoms with Crippen molar-refractivity contribution in [2.75, 3.05) is 42.6 Å². The fourth-order valence-corrected chi connectivity index (χ4v) is 3.62. The van der Waals surface area contributed by atoms with Crippen LogP contribution in [0.15, 0.2) is 16.9 Å². The van der Waals surface area contributed by atoms with Gasteiger partial charge in [0.05, 0.1) is 19.0 Å². The van der Waals surface area contributed by atoms with E-state index in [0.717, 1.165) is 57.1 Å². The lowest BCUT2D eigenvalue weighted by Crippen LogP contribution is -2.36. The van der Waals surface area contributed by atoms with Gasteiger partial charge in [-0.25, -0.2) is 9.97 Å². The second kappa shape index (κ2) is 8.30. The summed E-state index contributed by atoms with van der Waals surface area (Å²) in [5.41, 5.74) is 5.95. The third kappa shape index (κ3) is 4.35. The lowest BCUT2D eigenvalue weighted by molar-refractivity contribution is 0.221. The third-order valence-corrected chi connectivity index (χ3v) is 5.43. The van der Waals surface area contributed by atoms with Crippen LogP contribution in [0, 0.1) is 5.92 Å². The largest absolute Gasteiger partial charge is 0.490 e. The van der Waals surface area contributed by atoms with Gasteiger partial charge in [0.25, 0.3) is 5.95 Å². The van der Waals surface area contributed by atoms with E-state index in [9.17, 15) is 0 Å². The van der Waals surface area contributed by atoms with Crippen molar-refractivity contribution in [3.05, 3.63) is 18.3 Å². The van der Waals surface area contributed by atoms with Gasteiger partial charge in [-0.05, 0) is 30.3 Å². The summed E-state index contributed by atoms with van der Waals surface area (Å²) >= 11 is 0. The van der Waals surface area contributed by atoms with Gasteiger partial charge < -0.3 is 24.8 Å². The minimum Gasteiger partial charge on any atom is -0.490 e. The Kier molecular flexibility index (Phi) is 5.61. The van der Waals surface area contributed by atoms with Crippen LogP contribution in [0.1, 0.15) is 44.9 Å². The standard InChI is InChI=1S/C19H29N7O2/c1-13(2)17-23-19(24-28-17)25-6-3-14(4-7-25)12-27-16-9-21-18(22-10-16)26-8-5-15(20)11-26/h9-10,13-15H,3-8,11-12,20H2,1-2H3. The van der Waals surface area contributed by atoms with E-state index in [4.69, 9.17) is 15.0 Å². The molecule has 4 rings (SSSR count). The molecule has 4 heterocycles. The van der Waals surface area contributed by atoms with Crippen molar-refractivity contribution in [1.82, 2.24) is 20.1 Å². The number of hydrogen-bond donors (Lipinski definition) is 1. The number of anilines is 2. The summed E-state index contributed by atoms with van der Waals surface area (Å²) in [7, 11) is 0. The van der Waals surface area contributed by atoms with Gasteiger partial charge in [0.15, 0.2) is 5.75 Å². The molecule has 2 aliphatic heterocycles. The summed E-state index contributed by atoms with van der Waals surface area (Å²) in [6.45, 7) is 8.34. The Morgan fingerprint density at radius 3 is 2.43 bits per heavy atom. The molecule has 2 saturated heterocycles. The molecule has 0 saturated carbocycles. The lowest BCUT2D eigenvalue weighted by atomic mass is 9.98. The Balaban J connectivity index is 1.23. The zero-order chi connectivity index (χ0) is 19.5. The topological polar surface area (TPSA) is 106 Å². The smallest absolute Gasteiger partial charge is 0.266 e. The van der Waals surface area contributed by atoms with Crippen LogP contribution >= 0.6 is 0 Å². The molecule has 2 aromatic rings. The summed E-state index contributed by atoms with van der Waals surface area (Å²) in [5.74, 6) is 3.60. The third-order valence-electron chi connectivity index (χ3n) is 5.43. The minimum absolute atomic E-state index is 0.217. The van der Waals surface area contributed by atoms with Crippen LogP contribution in [0.5, 0.6) is 5.75 Å². The molecule has 9 nitrogen and oxygen atoms in total. The van der Waals surface area contributed by atoms with E-state index in [1.807, 2.05) is 0 Å². The first-order valence-corrected chi connectivity index (χ1v) is 10.1. The molecule has 2 aliphatic rings. The van der Waals surface area contributed by atoms with E-state index in [1.165, 1.54) is 0 Å². The SMILES string of the molecule is CC(C)c1nc(N2CCC(COc3cnc(N4CCC(N)C4)nc3)CC2)no1. The molecule has 0 aliphatic carbocycles. The van der Waals surface area contributed by atoms with Gasteiger partial charge in [0.1, 0.15) is 0 Å². The number of nitrogens with zero attached hydrogens (tertiary/aromatic N) is 6. The monoisotopic (exact) mass is 387 g/mol. The molecule has 0 bridgehead atoms. The van der Waals surface area contributed by atoms with Gasteiger partial charge >= 0.3 is 0 Å². The van der Waals surface area contributed by atoms with Gasteiger partial charge in [-0.1, -0.05) is 13.8 Å². The number of rotatable bonds is 6. The zero-order valence-electron chi connectivity index (χ0n) is 16.6. The number of nitrogens with two attached hydrogens (primary N) is 1. The van der Waals surface area contributed by atoms with Gasteiger partial charge in [0.2, 0.25) is 11.8 Å². The number of piperidine rings is 1. The molecule has 0 spiro atoms. The highest BCUT2D eigenvalue weighted by Gasteiger charge is 2.24. The summed E-state index contributed by atoms with van der Waals surface area (Å²) < 4.78 is 11.2. The molecule has 152 valence electrons. The first-order chi connectivity index (χ1) is 13.6. The van der Waals surface area contributed by atoms with Crippen molar-refractivity contribution in [2.45, 2.75) is 45.1 Å². The average Bonchev–Trinajstić information content (AvgIpc) is 3.37. The Bertz CT molecular complexity index is 756. The number of hydrogen-bond acceptors (Lipinski definition) is 9. The fraction of sp³-hybridized carbons (Fsp3) is 0.684. The van der Waals surface area contributed by atoms with E-state index >= 15 is 0 Å². The van der Waals surface area contributed by atoms with Crippen LogP contribution in [-0.4, -0.2) is 58.9 Å². The molecular formula is C19H29N7O2. The van der Waals surface area contributed by atoms with Crippen molar-refractivity contribution < 1.29 is 9.26 Å². The van der Waals surface area contributed by atoms with Crippen LogP contribution in [-0.2, 0) is 0 Å². The number of ether oxygens (including phenoxy) is 1. The summed E-state index contributed by atoms with van der Waals surface area (Å²) in [6, 6.07) is 0.217. The highest BCUT2D eigenvalue weighted by atomic mass is 16.5. The van der Waals surface area contributed by atoms with Crippen molar-refractivity contribution in [2.24, 2.45) is 11.7 Å². The van der Waals surface area contributed by atoms with Gasteiger partial charge in [0, 0.05) is 38.1 Å². The second-order valence-corrected chi connectivity index (χ2v) is 8.04. The number of aromatic nitrogens is 4. The van der Waals surface area contributed by atoms with Gasteiger partial charge in [-0.3, -0.25) is 0 Å². The molecule has 1 unspecified atom stereocenters. The Hall–Kier alpha value is -2.42. The first-order valence-electron chi connectivity index (χ1n) is 10.1. The molecule has 9 heteroatoms. The molecule has 0 aromatic carbocycles. The van der Waals surface area contributed by atoms with E-state index in [1.54, 1.807) is 12.4 Å². The van der Waals surface area contributed by atoms with E-state index in [2.05, 4.69) is 43.8 Å². The maximum atomic E-state index is 5.95. The fourth-order valence-electron chi connectivity index (χ4n) is 3.62. The average molecular weight is 387 g/mol. The lowest BCUT2D eigenvalue weighted by Gasteiger charge is -2.30. The van der Waals surface area contributed by atoms with Crippen molar-refractivity contribution >= 4 is 11.9 Å². The quantitative estimate of drug-likeness (QED) is 0.794. The first kappa shape index (κ1) is 18.9. The van der Waals surface area contributed by atoms with Crippen molar-refractivity contribution in [1.29, 1.82) is 0 Å². The summed E-state index contributed by atoms with van der Waals surface area (Å²) in [5, 5.41) is 4.11. The molecule has 2 N–H and O–H groups in total. The molecule has 2 aromatic heterocycles. The summed E-state index contributed by atoms with van der Waals surface area (Å²) in [4.78, 5) is 17.6. The van der Waals surface area contributed by atoms with Crippen LogP contribution in [0.4, 0.5) is 11.9 Å². The zero-order valence-corrected chi connectivity index (χ0v) is 16.6. The highest BCUT2D eigenvalue weighted by Crippen LogP contribution is 2.24. The Morgan fingerprint density at radius 2 is 1.82 bits per heavy atom. The maximum Gasteiger partial charge on any atom is 0.266 e. The van der Waals surface area contributed by atoms with Crippen molar-refractivity contribution in [3.63, 3.8) is 0 Å². The molecule has 1 atom stereocenters. The molecule has 0 radical (unpaired) electrons. The predicted molar refractivity (Wildman–Crippen MR) is 106 cm³/mol. The van der Waals surface area contributed by atoms with Crippen molar-refractivity contribution in [3.8, 4) is 5.75 Å². The second-order valence-electron chi connectivity index (χ2n) is 8.04. The molecule has 28 heavy (non-hydrogen) atoms.